The SMILES string of the molecule is CC(C)n1nccc1C(=O)N[C@H](C(=O)Nc1cc2c(cc1F)[C@H](N1C[C@@H]([I-](F)(F)F)NC1=O)CC2)C(C1CC1)C1CC1. The zero-order valence-electron chi connectivity index (χ0n) is 23.3. The molecule has 42 heavy (non-hydrogen) atoms. The fourth-order valence-electron chi connectivity index (χ4n) is 6.51. The average Bonchev–Trinajstić information content (AvgIpc) is 3.81. The number of alkyl halides is 1. The normalized spacial score (nSPS) is 23.2. The van der Waals surface area contributed by atoms with Gasteiger partial charge < -0.3 is 0 Å². The third-order valence-electron chi connectivity index (χ3n) is 8.78. The van der Waals surface area contributed by atoms with Crippen molar-refractivity contribution >= 4 is 23.5 Å². The standard InChI is InChI=1S/C28H34F4IN6O3/c1-14(2)39-22(9-10-34-39)26(40)37-25(24(15-3-4-15)16-5-6-16)27(41)35-20-11-17-7-8-21(18(17)12-19(20)29)38-13-23(33(30,31)32)36-28(38)42/h9-12,14-16,21,23-25H,3-8,13H2,1-2H3,(H,35,41)(H,36,42)(H,37,40)/q-1/t21-,23+,25+/m1/s1. The van der Waals surface area contributed by atoms with Crippen LogP contribution >= 0.6 is 0 Å². The Morgan fingerprint density at radius 1 is 1.10 bits per heavy atom. The summed E-state index contributed by atoms with van der Waals surface area (Å²) < 4.78 is 55.4. The minimum absolute atomic E-state index is 0.0511. The Kier molecular flexibility index (Phi) is 7.63. The zero-order chi connectivity index (χ0) is 29.9. The van der Waals surface area contributed by atoms with E-state index in [1.807, 2.05) is 19.2 Å². The number of amides is 4. The molecule has 3 fully saturated rings. The molecule has 2 aromatic rings. The van der Waals surface area contributed by atoms with Gasteiger partial charge in [0.15, 0.2) is 0 Å². The van der Waals surface area contributed by atoms with Gasteiger partial charge in [0.25, 0.3) is 5.91 Å². The molecule has 3 atom stereocenters. The van der Waals surface area contributed by atoms with Gasteiger partial charge >= 0.3 is 152 Å². The number of carbonyl (C=O) groups excluding carboxylic acids is 3. The van der Waals surface area contributed by atoms with Crippen molar-refractivity contribution in [2.24, 2.45) is 17.8 Å². The molecule has 0 bridgehead atoms. The van der Waals surface area contributed by atoms with Crippen LogP contribution < -0.4 is 36.1 Å². The molecule has 0 radical (unpaired) electrons. The molecule has 14 heteroatoms. The topological polar surface area (TPSA) is 108 Å². The maximum atomic E-state index is 15.5. The van der Waals surface area contributed by atoms with Crippen molar-refractivity contribution in [3.05, 3.63) is 47.0 Å². The zero-order valence-corrected chi connectivity index (χ0v) is 25.4. The molecule has 2 saturated carbocycles. The van der Waals surface area contributed by atoms with Crippen LogP contribution in [0.4, 0.5) is 23.5 Å². The number of halogens is 5. The number of nitrogens with one attached hydrogen (secondary N) is 3. The van der Waals surface area contributed by atoms with Crippen molar-refractivity contribution in [2.75, 3.05) is 11.9 Å². The molecule has 9 nitrogen and oxygen atoms in total. The quantitative estimate of drug-likeness (QED) is 0.152. The molecule has 4 amide bonds. The van der Waals surface area contributed by atoms with Crippen molar-refractivity contribution in [1.82, 2.24) is 25.3 Å². The van der Waals surface area contributed by atoms with Crippen molar-refractivity contribution < 1.29 is 47.5 Å². The van der Waals surface area contributed by atoms with Crippen LogP contribution in [0.1, 0.15) is 79.7 Å². The molecule has 1 aliphatic heterocycles. The van der Waals surface area contributed by atoms with Crippen LogP contribution in [-0.2, 0) is 11.2 Å². The van der Waals surface area contributed by atoms with E-state index in [0.29, 0.717) is 41.5 Å². The van der Waals surface area contributed by atoms with Gasteiger partial charge in [0, 0.05) is 12.2 Å². The van der Waals surface area contributed by atoms with E-state index >= 15 is 4.39 Å². The number of hydrogen-bond acceptors (Lipinski definition) is 4. The van der Waals surface area contributed by atoms with Crippen LogP contribution in [0.25, 0.3) is 0 Å². The third kappa shape index (κ3) is 5.70. The fourth-order valence-corrected chi connectivity index (χ4v) is 8.00. The summed E-state index contributed by atoms with van der Waals surface area (Å²) in [6.45, 7) is 3.34. The van der Waals surface area contributed by atoms with Crippen molar-refractivity contribution in [3.63, 3.8) is 0 Å². The van der Waals surface area contributed by atoms with Gasteiger partial charge in [-0.25, -0.2) is 0 Å². The molecule has 4 aliphatic rings. The van der Waals surface area contributed by atoms with Gasteiger partial charge in [-0.2, -0.15) is 5.10 Å². The minimum Gasteiger partial charge on any atom is -0.0498 e. The van der Waals surface area contributed by atoms with E-state index in [9.17, 15) is 23.0 Å². The summed E-state index contributed by atoms with van der Waals surface area (Å²) in [6.07, 6.45) is 6.22. The van der Waals surface area contributed by atoms with Gasteiger partial charge in [-0.1, -0.05) is 0 Å². The van der Waals surface area contributed by atoms with Gasteiger partial charge in [-0.15, -0.1) is 0 Å². The average molecular weight is 706 g/mol. The Labute approximate surface area is 247 Å². The van der Waals surface area contributed by atoms with Crippen LogP contribution in [0, 0.1) is 23.6 Å². The summed E-state index contributed by atoms with van der Waals surface area (Å²) in [4.78, 5) is 40.6. The number of benzene rings is 1. The van der Waals surface area contributed by atoms with Gasteiger partial charge in [0.05, 0.1) is 0 Å². The first kappa shape index (κ1) is 29.2. The number of nitrogens with zero attached hydrogens (tertiary/aromatic N) is 3. The number of anilines is 1. The molecule has 1 aromatic carbocycles. The summed E-state index contributed by atoms with van der Waals surface area (Å²) in [5.74, 6) is -1.11. The predicted octanol–water partition coefficient (Wildman–Crippen LogP) is 1.93. The third-order valence-corrected chi connectivity index (χ3v) is 11.2. The van der Waals surface area contributed by atoms with Crippen molar-refractivity contribution in [2.45, 2.75) is 74.5 Å². The molecule has 0 unspecified atom stereocenters. The second kappa shape index (κ2) is 11.0. The van der Waals surface area contributed by atoms with E-state index in [0.717, 1.165) is 30.6 Å². The molecule has 6 rings (SSSR count). The first-order valence-corrected chi connectivity index (χ1v) is 18.0. The number of rotatable bonds is 10. The number of aromatic nitrogens is 2. The molecule has 1 aromatic heterocycles. The molecule has 3 aliphatic carbocycles. The van der Waals surface area contributed by atoms with E-state index in [-0.39, 0.29) is 17.6 Å². The van der Waals surface area contributed by atoms with Gasteiger partial charge in [0.1, 0.15) is 5.69 Å². The maximum absolute atomic E-state index is 15.5. The van der Waals surface area contributed by atoms with Gasteiger partial charge in [0.2, 0.25) is 0 Å². The number of urea groups is 1. The number of aryl methyl sites for hydroxylation is 1. The first-order chi connectivity index (χ1) is 19.9. The van der Waals surface area contributed by atoms with Crippen LogP contribution in [0.15, 0.2) is 24.4 Å². The first-order valence-electron chi connectivity index (χ1n) is 14.3. The molecule has 3 N–H and O–H groups in total. The molecular formula is C28H34F4IN6O3-. The molecular weight excluding hydrogens is 671 g/mol. The second-order valence-electron chi connectivity index (χ2n) is 12.0. The Morgan fingerprint density at radius 3 is 2.38 bits per heavy atom. The summed E-state index contributed by atoms with van der Waals surface area (Å²) in [5, 5.41) is 11.9. The van der Waals surface area contributed by atoms with E-state index < -0.39 is 66.5 Å². The molecule has 2 heterocycles. The van der Waals surface area contributed by atoms with Crippen LogP contribution in [0.5, 0.6) is 0 Å². The summed E-state index contributed by atoms with van der Waals surface area (Å²) >= 11 is -6.53. The van der Waals surface area contributed by atoms with E-state index in [4.69, 9.17) is 0 Å². The van der Waals surface area contributed by atoms with Crippen LogP contribution in [-0.4, -0.2) is 49.2 Å². The minimum atomic E-state index is -6.53. The molecule has 1 saturated heterocycles. The Morgan fingerprint density at radius 2 is 1.79 bits per heavy atom. The Balaban J connectivity index is 1.22. The number of hydrogen-bond donors (Lipinski definition) is 3. The van der Waals surface area contributed by atoms with E-state index in [2.05, 4.69) is 15.7 Å². The number of fused-ring (bicyclic) bond motifs is 1. The molecule has 230 valence electrons. The molecule has 0 spiro atoms. The van der Waals surface area contributed by atoms with Gasteiger partial charge in [-0.05, 0) is 57.4 Å². The summed E-state index contributed by atoms with van der Waals surface area (Å²) in [6, 6.07) is 1.93. The smallest absolute Gasteiger partial charge is 0.0498 e. The van der Waals surface area contributed by atoms with Crippen molar-refractivity contribution in [3.8, 4) is 0 Å². The Bertz CT molecular complexity index is 1390. The predicted molar refractivity (Wildman–Crippen MR) is 141 cm³/mol. The van der Waals surface area contributed by atoms with Crippen LogP contribution in [0.2, 0.25) is 0 Å². The number of carbonyl (C=O) groups is 3. The summed E-state index contributed by atoms with van der Waals surface area (Å²) in [5.41, 5.74) is 1.41. The summed E-state index contributed by atoms with van der Waals surface area (Å²) in [7, 11) is 0. The second-order valence-corrected chi connectivity index (χ2v) is 15.9. The monoisotopic (exact) mass is 705 g/mol. The van der Waals surface area contributed by atoms with E-state index in [1.165, 1.54) is 18.3 Å². The van der Waals surface area contributed by atoms with E-state index in [1.54, 1.807) is 10.7 Å². The Hall–Kier alpha value is -2.91. The fraction of sp³-hybridized carbons (Fsp3) is 0.571. The van der Waals surface area contributed by atoms with Crippen molar-refractivity contribution in [1.29, 1.82) is 0 Å². The van der Waals surface area contributed by atoms with Crippen LogP contribution in [0.3, 0.4) is 0 Å². The van der Waals surface area contributed by atoms with Gasteiger partial charge in [-0.3, -0.25) is 9.48 Å².